The second-order valence-corrected chi connectivity index (χ2v) is 9.76. The molecule has 0 atom stereocenters. The largest absolute Gasteiger partial charge is 0.489 e. The number of nitrogens with one attached hydrogen (secondary N) is 3. The molecule has 0 saturated carbocycles. The number of hydrogen-bond acceptors (Lipinski definition) is 6. The topological polar surface area (TPSA) is 95.6 Å². The fraction of sp³-hybridized carbons (Fsp3) is 0.345. The number of rotatable bonds is 7. The molecule has 1 aromatic heterocycles. The Morgan fingerprint density at radius 2 is 1.74 bits per heavy atom. The number of halogens is 1. The Labute approximate surface area is 221 Å². The fourth-order valence-corrected chi connectivity index (χ4v) is 4.79. The summed E-state index contributed by atoms with van der Waals surface area (Å²) in [5.41, 5.74) is 2.52. The van der Waals surface area contributed by atoms with E-state index in [1.165, 1.54) is 12.1 Å². The first kappa shape index (κ1) is 25.7. The summed E-state index contributed by atoms with van der Waals surface area (Å²) in [5.74, 6) is -0.759. The van der Waals surface area contributed by atoms with Crippen molar-refractivity contribution in [2.45, 2.75) is 38.7 Å². The molecule has 9 heteroatoms. The van der Waals surface area contributed by atoms with Crippen LogP contribution in [0.5, 0.6) is 5.75 Å². The molecular formula is C29H32FN5O3. The number of piperidine rings is 1. The zero-order valence-corrected chi connectivity index (χ0v) is 21.4. The Morgan fingerprint density at radius 3 is 2.47 bits per heavy atom. The number of anilines is 3. The summed E-state index contributed by atoms with van der Waals surface area (Å²) in [7, 11) is 0. The number of ether oxygens (including phenoxy) is 1. The van der Waals surface area contributed by atoms with E-state index in [1.807, 2.05) is 25.1 Å². The van der Waals surface area contributed by atoms with Gasteiger partial charge in [0.2, 0.25) is 0 Å². The maximum atomic E-state index is 14.1. The van der Waals surface area contributed by atoms with Crippen LogP contribution in [0, 0.1) is 12.7 Å². The number of carbonyl (C=O) groups excluding carboxylic acids is 2. The normalized spacial score (nSPS) is 15.8. The van der Waals surface area contributed by atoms with Gasteiger partial charge in [-0.25, -0.2) is 9.37 Å². The first-order valence-corrected chi connectivity index (χ1v) is 13.1. The highest BCUT2D eigenvalue weighted by Gasteiger charge is 2.23. The smallest absolute Gasteiger partial charge is 0.259 e. The summed E-state index contributed by atoms with van der Waals surface area (Å²) in [4.78, 5) is 33.0. The molecule has 0 unspecified atom stereocenters. The molecule has 5 rings (SSSR count). The van der Waals surface area contributed by atoms with Crippen LogP contribution in [0.4, 0.5) is 21.6 Å². The lowest BCUT2D eigenvalue weighted by atomic mass is 10.1. The van der Waals surface area contributed by atoms with Crippen LogP contribution in [0.2, 0.25) is 0 Å². The minimum Gasteiger partial charge on any atom is -0.489 e. The average Bonchev–Trinajstić information content (AvgIpc) is 3.47. The van der Waals surface area contributed by atoms with Crippen LogP contribution in [0.25, 0.3) is 0 Å². The van der Waals surface area contributed by atoms with Crippen LogP contribution in [0.3, 0.4) is 0 Å². The number of benzene rings is 2. The Morgan fingerprint density at radius 1 is 0.974 bits per heavy atom. The van der Waals surface area contributed by atoms with E-state index in [1.54, 1.807) is 18.3 Å². The summed E-state index contributed by atoms with van der Waals surface area (Å²) in [6, 6.07) is 12.8. The molecule has 0 radical (unpaired) electrons. The summed E-state index contributed by atoms with van der Waals surface area (Å²) < 4.78 is 20.5. The van der Waals surface area contributed by atoms with Crippen molar-refractivity contribution in [2.24, 2.45) is 0 Å². The number of pyridine rings is 1. The maximum Gasteiger partial charge on any atom is 0.259 e. The standard InChI is InChI=1S/C29H32FN5O3/c1-19-4-9-27(32-18-19)34-29(37)24-16-20(30)5-8-25(24)33-28(36)23-7-6-21(35-14-2-3-15-35)17-26(23)38-22-10-12-31-13-11-22/h4-9,16-18,22,31H,2-3,10-15H2,1H3,(H,33,36)(H,32,34,37). The monoisotopic (exact) mass is 517 g/mol. The van der Waals surface area contributed by atoms with Gasteiger partial charge in [0, 0.05) is 31.0 Å². The van der Waals surface area contributed by atoms with Gasteiger partial charge in [-0.15, -0.1) is 0 Å². The van der Waals surface area contributed by atoms with Crippen molar-refractivity contribution < 1.29 is 18.7 Å². The third-order valence-corrected chi connectivity index (χ3v) is 6.89. The van der Waals surface area contributed by atoms with Crippen LogP contribution >= 0.6 is 0 Å². The second-order valence-electron chi connectivity index (χ2n) is 9.76. The summed E-state index contributed by atoms with van der Waals surface area (Å²) >= 11 is 0. The molecule has 2 amide bonds. The van der Waals surface area contributed by atoms with Crippen LogP contribution < -0.4 is 25.6 Å². The van der Waals surface area contributed by atoms with Crippen molar-refractivity contribution in [3.63, 3.8) is 0 Å². The van der Waals surface area contributed by atoms with E-state index in [2.05, 4.69) is 25.8 Å². The summed E-state index contributed by atoms with van der Waals surface area (Å²) in [6.07, 6.45) is 5.61. The predicted octanol–water partition coefficient (Wildman–Crippen LogP) is 4.76. The molecule has 38 heavy (non-hydrogen) atoms. The number of carbonyl (C=O) groups is 2. The SMILES string of the molecule is Cc1ccc(NC(=O)c2cc(F)ccc2NC(=O)c2ccc(N3CCCC3)cc2OC2CCNCC2)nc1. The van der Waals surface area contributed by atoms with Crippen LogP contribution in [0.1, 0.15) is 52.0 Å². The van der Waals surface area contributed by atoms with Crippen molar-refractivity contribution in [1.29, 1.82) is 0 Å². The third kappa shape index (κ3) is 6.11. The van der Waals surface area contributed by atoms with E-state index in [0.29, 0.717) is 17.1 Å². The third-order valence-electron chi connectivity index (χ3n) is 6.89. The van der Waals surface area contributed by atoms with Crippen molar-refractivity contribution in [3.05, 3.63) is 77.2 Å². The van der Waals surface area contributed by atoms with Crippen molar-refractivity contribution in [1.82, 2.24) is 10.3 Å². The highest BCUT2D eigenvalue weighted by atomic mass is 19.1. The minimum atomic E-state index is -0.588. The van der Waals surface area contributed by atoms with E-state index in [9.17, 15) is 14.0 Å². The van der Waals surface area contributed by atoms with E-state index >= 15 is 0 Å². The van der Waals surface area contributed by atoms with Gasteiger partial charge in [0.25, 0.3) is 11.8 Å². The molecule has 8 nitrogen and oxygen atoms in total. The minimum absolute atomic E-state index is 0.00441. The van der Waals surface area contributed by atoms with Crippen molar-refractivity contribution in [3.8, 4) is 5.75 Å². The zero-order valence-electron chi connectivity index (χ0n) is 21.4. The number of aromatic nitrogens is 1. The van der Waals surface area contributed by atoms with Gasteiger partial charge < -0.3 is 25.6 Å². The molecule has 2 aliphatic heterocycles. The first-order chi connectivity index (χ1) is 18.5. The van der Waals surface area contributed by atoms with E-state index in [4.69, 9.17) is 4.74 Å². The highest BCUT2D eigenvalue weighted by molar-refractivity contribution is 6.13. The van der Waals surface area contributed by atoms with E-state index in [0.717, 1.165) is 69.2 Å². The van der Waals surface area contributed by atoms with Crippen molar-refractivity contribution in [2.75, 3.05) is 41.7 Å². The molecule has 3 aromatic rings. The lowest BCUT2D eigenvalue weighted by Gasteiger charge is -2.26. The molecule has 0 aliphatic carbocycles. The van der Waals surface area contributed by atoms with Gasteiger partial charge in [-0.2, -0.15) is 0 Å². The predicted molar refractivity (Wildman–Crippen MR) is 146 cm³/mol. The number of aryl methyl sites for hydroxylation is 1. The average molecular weight is 518 g/mol. The summed E-state index contributed by atoms with van der Waals surface area (Å²) in [6.45, 7) is 5.56. The fourth-order valence-electron chi connectivity index (χ4n) is 4.79. The van der Waals surface area contributed by atoms with Gasteiger partial charge in [0.1, 0.15) is 23.5 Å². The first-order valence-electron chi connectivity index (χ1n) is 13.1. The van der Waals surface area contributed by atoms with Gasteiger partial charge in [-0.05, 0) is 87.7 Å². The molecule has 198 valence electrons. The molecule has 3 N–H and O–H groups in total. The van der Waals surface area contributed by atoms with Crippen LogP contribution in [0.15, 0.2) is 54.7 Å². The molecule has 3 heterocycles. The van der Waals surface area contributed by atoms with Gasteiger partial charge >= 0.3 is 0 Å². The number of nitrogens with zero attached hydrogens (tertiary/aromatic N) is 2. The van der Waals surface area contributed by atoms with Gasteiger partial charge in [-0.1, -0.05) is 6.07 Å². The van der Waals surface area contributed by atoms with Gasteiger partial charge in [-0.3, -0.25) is 9.59 Å². The molecule has 2 aliphatic rings. The van der Waals surface area contributed by atoms with Gasteiger partial charge in [0.05, 0.1) is 16.8 Å². The van der Waals surface area contributed by atoms with Gasteiger partial charge in [0.15, 0.2) is 0 Å². The van der Waals surface area contributed by atoms with E-state index < -0.39 is 17.6 Å². The number of hydrogen-bond donors (Lipinski definition) is 3. The molecule has 0 bridgehead atoms. The molecule has 2 aromatic carbocycles. The highest BCUT2D eigenvalue weighted by Crippen LogP contribution is 2.31. The van der Waals surface area contributed by atoms with Crippen molar-refractivity contribution >= 4 is 29.0 Å². The Hall–Kier alpha value is -3.98. The van der Waals surface area contributed by atoms with Crippen LogP contribution in [-0.4, -0.2) is 49.1 Å². The molecular weight excluding hydrogens is 485 g/mol. The molecule has 2 saturated heterocycles. The number of amides is 2. The quantitative estimate of drug-likeness (QED) is 0.418. The summed E-state index contributed by atoms with van der Waals surface area (Å²) in [5, 5.41) is 8.80. The lowest BCUT2D eigenvalue weighted by Crippen LogP contribution is -2.34. The Bertz CT molecular complexity index is 1300. The van der Waals surface area contributed by atoms with E-state index in [-0.39, 0.29) is 17.4 Å². The molecule has 2 fully saturated rings. The Kier molecular flexibility index (Phi) is 7.83. The lowest BCUT2D eigenvalue weighted by molar-refractivity contribution is 0.101. The molecule has 0 spiro atoms. The van der Waals surface area contributed by atoms with Crippen LogP contribution in [-0.2, 0) is 0 Å². The Balaban J connectivity index is 1.40. The maximum absolute atomic E-state index is 14.1. The second kappa shape index (κ2) is 11.6. The zero-order chi connectivity index (χ0) is 26.5.